The van der Waals surface area contributed by atoms with Crippen LogP contribution in [-0.2, 0) is 0 Å². The molecule has 0 spiro atoms. The fourth-order valence-electron chi connectivity index (χ4n) is 1.64. The first-order valence-corrected chi connectivity index (χ1v) is 6.84. The smallest absolute Gasteiger partial charge is 0.176 e. The topological polar surface area (TPSA) is 26.3 Å². The van der Waals surface area contributed by atoms with Gasteiger partial charge in [-0.25, -0.2) is 8.78 Å². The number of thioether (sulfide) groups is 1. The third kappa shape index (κ3) is 3.36. The lowest BCUT2D eigenvalue weighted by molar-refractivity contribution is 0.101. The Labute approximate surface area is 119 Å². The van der Waals surface area contributed by atoms with Crippen molar-refractivity contribution < 1.29 is 18.3 Å². The summed E-state index contributed by atoms with van der Waals surface area (Å²) in [5.41, 5.74) is -0.000961. The zero-order chi connectivity index (χ0) is 14.5. The maximum atomic E-state index is 13.9. The van der Waals surface area contributed by atoms with E-state index in [1.54, 1.807) is 18.2 Å². The molecule has 2 aromatic carbocycles. The summed E-state index contributed by atoms with van der Waals surface area (Å²) in [5.74, 6) is -1.20. The molecule has 0 N–H and O–H groups in total. The summed E-state index contributed by atoms with van der Waals surface area (Å²) < 4.78 is 31.5. The molecule has 0 atom stereocenters. The van der Waals surface area contributed by atoms with Gasteiger partial charge < -0.3 is 4.74 Å². The third-order valence-electron chi connectivity index (χ3n) is 2.67. The van der Waals surface area contributed by atoms with Crippen molar-refractivity contribution >= 4 is 17.5 Å². The van der Waals surface area contributed by atoms with E-state index in [0.717, 1.165) is 4.90 Å². The molecule has 0 unspecified atom stereocenters. The van der Waals surface area contributed by atoms with Crippen LogP contribution >= 0.6 is 11.8 Å². The van der Waals surface area contributed by atoms with Gasteiger partial charge in [-0.05, 0) is 36.4 Å². The molecule has 2 rings (SSSR count). The van der Waals surface area contributed by atoms with Crippen molar-refractivity contribution in [3.63, 3.8) is 0 Å². The molecule has 0 fully saturated rings. The minimum Gasteiger partial charge on any atom is -0.494 e. The molecule has 2 nitrogen and oxygen atoms in total. The fraction of sp³-hybridized carbons (Fsp3) is 0.133. The molecule has 5 heteroatoms. The molecular weight excluding hydrogens is 282 g/mol. The van der Waals surface area contributed by atoms with Crippen molar-refractivity contribution in [2.45, 2.75) is 4.90 Å². The van der Waals surface area contributed by atoms with E-state index in [4.69, 9.17) is 4.74 Å². The molecule has 0 saturated heterocycles. The van der Waals surface area contributed by atoms with Crippen LogP contribution in [0.5, 0.6) is 5.75 Å². The van der Waals surface area contributed by atoms with Gasteiger partial charge >= 0.3 is 0 Å². The standard InChI is InChI=1S/C15H12F2O2S/c1-19-14-4-2-3-12(15(14)17)13(18)9-20-11-7-5-10(16)6-8-11/h2-8H,9H2,1H3. The Bertz CT molecular complexity index is 612. The Hall–Kier alpha value is -1.88. The van der Waals surface area contributed by atoms with Gasteiger partial charge in [-0.1, -0.05) is 6.07 Å². The second-order valence-electron chi connectivity index (χ2n) is 3.99. The van der Waals surface area contributed by atoms with E-state index in [1.165, 1.54) is 43.1 Å². The highest BCUT2D eigenvalue weighted by atomic mass is 32.2. The zero-order valence-electron chi connectivity index (χ0n) is 10.7. The van der Waals surface area contributed by atoms with E-state index in [9.17, 15) is 13.6 Å². The fourth-order valence-corrected chi connectivity index (χ4v) is 2.42. The molecule has 0 heterocycles. The molecule has 0 aliphatic rings. The molecule has 0 aromatic heterocycles. The highest BCUT2D eigenvalue weighted by molar-refractivity contribution is 8.00. The Kier molecular flexibility index (Phi) is 4.74. The van der Waals surface area contributed by atoms with Gasteiger partial charge in [-0.3, -0.25) is 4.79 Å². The number of rotatable bonds is 5. The van der Waals surface area contributed by atoms with E-state index in [1.807, 2.05) is 0 Å². The zero-order valence-corrected chi connectivity index (χ0v) is 11.5. The van der Waals surface area contributed by atoms with Crippen molar-refractivity contribution in [2.24, 2.45) is 0 Å². The maximum Gasteiger partial charge on any atom is 0.176 e. The highest BCUT2D eigenvalue weighted by Gasteiger charge is 2.15. The summed E-state index contributed by atoms with van der Waals surface area (Å²) in [5, 5.41) is 0. The van der Waals surface area contributed by atoms with E-state index in [0.29, 0.717) is 0 Å². The minimum atomic E-state index is -0.653. The first-order chi connectivity index (χ1) is 9.61. The number of Topliss-reactive ketones (excluding diaryl/α,β-unsaturated/α-hetero) is 1. The number of benzene rings is 2. The van der Waals surface area contributed by atoms with Crippen LogP contribution in [0, 0.1) is 11.6 Å². The Morgan fingerprint density at radius 2 is 1.85 bits per heavy atom. The largest absolute Gasteiger partial charge is 0.494 e. The molecule has 0 bridgehead atoms. The van der Waals surface area contributed by atoms with E-state index < -0.39 is 5.82 Å². The third-order valence-corrected chi connectivity index (χ3v) is 3.68. The number of hydrogen-bond donors (Lipinski definition) is 0. The molecule has 0 radical (unpaired) electrons. The molecule has 0 aliphatic heterocycles. The van der Waals surface area contributed by atoms with Crippen molar-refractivity contribution in [1.29, 1.82) is 0 Å². The Morgan fingerprint density at radius 3 is 2.50 bits per heavy atom. The van der Waals surface area contributed by atoms with Gasteiger partial charge in [0.2, 0.25) is 0 Å². The Morgan fingerprint density at radius 1 is 1.15 bits per heavy atom. The van der Waals surface area contributed by atoms with Crippen LogP contribution in [0.4, 0.5) is 8.78 Å². The average Bonchev–Trinajstić information content (AvgIpc) is 2.46. The molecule has 0 saturated carbocycles. The average molecular weight is 294 g/mol. The second-order valence-corrected chi connectivity index (χ2v) is 5.04. The van der Waals surface area contributed by atoms with Crippen LogP contribution in [0.15, 0.2) is 47.4 Å². The number of methoxy groups -OCH3 is 1. The lowest BCUT2D eigenvalue weighted by Gasteiger charge is -2.06. The van der Waals surface area contributed by atoms with Gasteiger partial charge in [0.05, 0.1) is 18.4 Å². The maximum absolute atomic E-state index is 13.9. The van der Waals surface area contributed by atoms with E-state index in [2.05, 4.69) is 0 Å². The first kappa shape index (κ1) is 14.5. The van der Waals surface area contributed by atoms with Crippen LogP contribution in [-0.4, -0.2) is 18.6 Å². The summed E-state index contributed by atoms with van der Waals surface area (Å²) >= 11 is 1.23. The highest BCUT2D eigenvalue weighted by Crippen LogP contribution is 2.24. The predicted octanol–water partition coefficient (Wildman–Crippen LogP) is 3.95. The minimum absolute atomic E-state index is 0.000961. The SMILES string of the molecule is COc1cccc(C(=O)CSc2ccc(F)cc2)c1F. The van der Waals surface area contributed by atoms with Crippen LogP contribution in [0.1, 0.15) is 10.4 Å². The number of hydrogen-bond acceptors (Lipinski definition) is 3. The first-order valence-electron chi connectivity index (χ1n) is 5.86. The lowest BCUT2D eigenvalue weighted by Crippen LogP contribution is -2.06. The van der Waals surface area contributed by atoms with Crippen molar-refractivity contribution in [2.75, 3.05) is 12.9 Å². The molecule has 104 valence electrons. The normalized spacial score (nSPS) is 10.3. The van der Waals surface area contributed by atoms with E-state index >= 15 is 0 Å². The molecule has 20 heavy (non-hydrogen) atoms. The summed E-state index contributed by atoms with van der Waals surface area (Å²) in [6.45, 7) is 0. The van der Waals surface area contributed by atoms with Crippen molar-refractivity contribution in [3.05, 3.63) is 59.7 Å². The van der Waals surface area contributed by atoms with E-state index in [-0.39, 0.29) is 28.7 Å². The van der Waals surface area contributed by atoms with Gasteiger partial charge in [-0.2, -0.15) is 0 Å². The quantitative estimate of drug-likeness (QED) is 0.617. The van der Waals surface area contributed by atoms with Crippen molar-refractivity contribution in [1.82, 2.24) is 0 Å². The Balaban J connectivity index is 2.07. The summed E-state index contributed by atoms with van der Waals surface area (Å²) in [6.07, 6.45) is 0. The molecule has 0 amide bonds. The number of ether oxygens (including phenoxy) is 1. The predicted molar refractivity (Wildman–Crippen MR) is 74.4 cm³/mol. The van der Waals surface area contributed by atoms with Gasteiger partial charge in [0.25, 0.3) is 0 Å². The number of ketones is 1. The lowest BCUT2D eigenvalue weighted by atomic mass is 10.1. The summed E-state index contributed by atoms with van der Waals surface area (Å²) in [7, 11) is 1.35. The van der Waals surface area contributed by atoms with Gasteiger partial charge in [0, 0.05) is 4.90 Å². The number of carbonyl (C=O) groups is 1. The monoisotopic (exact) mass is 294 g/mol. The van der Waals surface area contributed by atoms with Gasteiger partial charge in [-0.15, -0.1) is 11.8 Å². The number of halogens is 2. The number of carbonyl (C=O) groups excluding carboxylic acids is 1. The second kappa shape index (κ2) is 6.52. The molecular formula is C15H12F2O2S. The molecule has 0 aliphatic carbocycles. The summed E-state index contributed by atoms with van der Waals surface area (Å²) in [6, 6.07) is 10.2. The summed E-state index contributed by atoms with van der Waals surface area (Å²) in [4.78, 5) is 12.7. The van der Waals surface area contributed by atoms with Crippen LogP contribution in [0.25, 0.3) is 0 Å². The van der Waals surface area contributed by atoms with Gasteiger partial charge in [0.1, 0.15) is 5.82 Å². The van der Waals surface area contributed by atoms with Crippen LogP contribution in [0.3, 0.4) is 0 Å². The van der Waals surface area contributed by atoms with Crippen LogP contribution in [0.2, 0.25) is 0 Å². The van der Waals surface area contributed by atoms with Gasteiger partial charge in [0.15, 0.2) is 17.3 Å². The van der Waals surface area contributed by atoms with Crippen molar-refractivity contribution in [3.8, 4) is 5.75 Å². The van der Waals surface area contributed by atoms with Crippen LogP contribution < -0.4 is 4.74 Å². The molecule has 2 aromatic rings.